The summed E-state index contributed by atoms with van der Waals surface area (Å²) in [6, 6.07) is 9.34. The van der Waals surface area contributed by atoms with Gasteiger partial charge in [-0.25, -0.2) is 5.43 Å². The van der Waals surface area contributed by atoms with Crippen LogP contribution >= 0.6 is 22.9 Å². The van der Waals surface area contributed by atoms with E-state index in [0.29, 0.717) is 10.6 Å². The Hall–Kier alpha value is -1.65. The van der Waals surface area contributed by atoms with Gasteiger partial charge in [0.2, 0.25) is 0 Å². The number of carbonyl (C=O) groups excluding carboxylic acids is 1. The van der Waals surface area contributed by atoms with Gasteiger partial charge in [-0.15, -0.1) is 11.3 Å². The molecule has 5 heteroatoms. The van der Waals surface area contributed by atoms with E-state index >= 15 is 0 Å². The maximum Gasteiger partial charge on any atom is 0.272 e. The van der Waals surface area contributed by atoms with Gasteiger partial charge in [-0.1, -0.05) is 24.6 Å². The number of nitrogens with zero attached hydrogens (tertiary/aromatic N) is 1. The highest BCUT2D eigenvalue weighted by molar-refractivity contribution is 7.13. The molecular weight excluding hydrogens is 292 g/mol. The van der Waals surface area contributed by atoms with Crippen LogP contribution in [0.3, 0.4) is 0 Å². The van der Waals surface area contributed by atoms with Crippen LogP contribution in [0.2, 0.25) is 5.02 Å². The Bertz CT molecular complexity index is 649. The van der Waals surface area contributed by atoms with Crippen molar-refractivity contribution >= 4 is 35.1 Å². The van der Waals surface area contributed by atoms with Gasteiger partial charge in [-0.3, -0.25) is 4.79 Å². The highest BCUT2D eigenvalue weighted by Crippen LogP contribution is 2.17. The first kappa shape index (κ1) is 14.8. The van der Waals surface area contributed by atoms with Gasteiger partial charge in [0.25, 0.3) is 5.91 Å². The minimum atomic E-state index is -0.307. The lowest BCUT2D eigenvalue weighted by Crippen LogP contribution is -2.17. The quantitative estimate of drug-likeness (QED) is 0.672. The van der Waals surface area contributed by atoms with Gasteiger partial charge < -0.3 is 0 Å². The van der Waals surface area contributed by atoms with Gasteiger partial charge in [-0.2, -0.15) is 5.10 Å². The van der Waals surface area contributed by atoms with Crippen molar-refractivity contribution in [3.8, 4) is 0 Å². The Morgan fingerprint density at radius 2 is 2.20 bits per heavy atom. The fraction of sp³-hybridized carbons (Fsp3) is 0.200. The Morgan fingerprint density at radius 1 is 1.40 bits per heavy atom. The van der Waals surface area contributed by atoms with Crippen LogP contribution in [0.5, 0.6) is 0 Å². The molecule has 1 N–H and O–H groups in total. The minimum Gasteiger partial charge on any atom is -0.267 e. The number of rotatable bonds is 4. The molecule has 0 bridgehead atoms. The first-order valence-corrected chi connectivity index (χ1v) is 7.48. The van der Waals surface area contributed by atoms with Crippen molar-refractivity contribution in [2.75, 3.05) is 0 Å². The molecule has 1 amide bonds. The lowest BCUT2D eigenvalue weighted by Gasteiger charge is -2.03. The van der Waals surface area contributed by atoms with Gasteiger partial charge >= 0.3 is 0 Å². The van der Waals surface area contributed by atoms with E-state index in [1.807, 2.05) is 19.1 Å². The van der Waals surface area contributed by atoms with Crippen molar-refractivity contribution in [3.05, 3.63) is 56.2 Å². The average molecular weight is 307 g/mol. The smallest absolute Gasteiger partial charge is 0.267 e. The van der Waals surface area contributed by atoms with Crippen LogP contribution in [0.4, 0.5) is 0 Å². The third-order valence-electron chi connectivity index (χ3n) is 2.76. The van der Waals surface area contributed by atoms with Gasteiger partial charge in [0.15, 0.2) is 0 Å². The summed E-state index contributed by atoms with van der Waals surface area (Å²) in [6.45, 7) is 4.03. The molecule has 3 nitrogen and oxygen atoms in total. The van der Waals surface area contributed by atoms with Crippen molar-refractivity contribution in [1.29, 1.82) is 0 Å². The lowest BCUT2D eigenvalue weighted by atomic mass is 10.1. The number of nitrogens with one attached hydrogen (secondary N) is 1. The van der Waals surface area contributed by atoms with E-state index in [-0.39, 0.29) is 5.91 Å². The molecule has 1 aromatic heterocycles. The third kappa shape index (κ3) is 3.68. The molecule has 0 spiro atoms. The molecule has 0 atom stereocenters. The zero-order chi connectivity index (χ0) is 14.5. The fourth-order valence-corrected chi connectivity index (χ4v) is 2.82. The van der Waals surface area contributed by atoms with Crippen molar-refractivity contribution in [2.45, 2.75) is 20.3 Å². The predicted octanol–water partition coefficient (Wildman–Crippen LogP) is 4.04. The molecule has 0 unspecified atom stereocenters. The van der Waals surface area contributed by atoms with E-state index < -0.39 is 0 Å². The summed E-state index contributed by atoms with van der Waals surface area (Å²) >= 11 is 7.69. The summed E-state index contributed by atoms with van der Waals surface area (Å²) in [7, 11) is 0. The molecule has 20 heavy (non-hydrogen) atoms. The van der Waals surface area contributed by atoms with Crippen LogP contribution in [0.1, 0.15) is 32.6 Å². The molecule has 0 aliphatic heterocycles. The molecule has 2 aromatic rings. The number of carbonyl (C=O) groups is 1. The number of amides is 1. The maximum absolute atomic E-state index is 11.9. The zero-order valence-electron chi connectivity index (χ0n) is 11.3. The van der Waals surface area contributed by atoms with Crippen molar-refractivity contribution < 1.29 is 4.79 Å². The zero-order valence-corrected chi connectivity index (χ0v) is 12.9. The van der Waals surface area contributed by atoms with Crippen LogP contribution in [0.25, 0.3) is 0 Å². The molecule has 1 heterocycles. The molecule has 104 valence electrons. The molecule has 0 saturated heterocycles. The summed E-state index contributed by atoms with van der Waals surface area (Å²) in [6.07, 6.45) is 2.65. The first-order valence-electron chi connectivity index (χ1n) is 6.28. The number of hydrogen-bond acceptors (Lipinski definition) is 3. The van der Waals surface area contributed by atoms with Crippen molar-refractivity contribution in [3.63, 3.8) is 0 Å². The minimum absolute atomic E-state index is 0.307. The van der Waals surface area contributed by atoms with Crippen LogP contribution in [-0.4, -0.2) is 12.1 Å². The van der Waals surface area contributed by atoms with Crippen LogP contribution in [0.15, 0.2) is 35.4 Å². The summed E-state index contributed by atoms with van der Waals surface area (Å²) < 4.78 is 0. The van der Waals surface area contributed by atoms with Crippen molar-refractivity contribution in [1.82, 2.24) is 5.43 Å². The monoisotopic (exact) mass is 306 g/mol. The van der Waals surface area contributed by atoms with E-state index in [9.17, 15) is 4.79 Å². The summed E-state index contributed by atoms with van der Waals surface area (Å²) in [4.78, 5) is 14.2. The van der Waals surface area contributed by atoms with E-state index in [2.05, 4.69) is 23.5 Å². The Balaban J connectivity index is 2.01. The van der Waals surface area contributed by atoms with Crippen LogP contribution in [-0.2, 0) is 6.42 Å². The number of thiophene rings is 1. The SMILES string of the molecule is CCc1ccc(/C=N\NC(=O)c2ccc(C)cc2Cl)s1. The second-order valence-electron chi connectivity index (χ2n) is 4.34. The molecule has 0 fully saturated rings. The van der Waals surface area contributed by atoms with Gasteiger partial charge in [-0.05, 0) is 43.2 Å². The molecule has 2 rings (SSSR count). The lowest BCUT2D eigenvalue weighted by molar-refractivity contribution is 0.0955. The second-order valence-corrected chi connectivity index (χ2v) is 5.95. The average Bonchev–Trinajstić information content (AvgIpc) is 2.86. The van der Waals surface area contributed by atoms with E-state index in [4.69, 9.17) is 11.6 Å². The summed E-state index contributed by atoms with van der Waals surface area (Å²) in [5.41, 5.74) is 3.93. The fourth-order valence-electron chi connectivity index (χ4n) is 1.67. The molecular formula is C15H15ClN2OS. The molecule has 0 saturated carbocycles. The number of aryl methyl sites for hydroxylation is 2. The molecule has 0 radical (unpaired) electrons. The summed E-state index contributed by atoms with van der Waals surface area (Å²) in [5.74, 6) is -0.307. The third-order valence-corrected chi connectivity index (χ3v) is 4.23. The number of halogens is 1. The van der Waals surface area contributed by atoms with E-state index in [0.717, 1.165) is 16.9 Å². The maximum atomic E-state index is 11.9. The Labute approximate surface area is 127 Å². The number of hydrogen-bond donors (Lipinski definition) is 1. The van der Waals surface area contributed by atoms with E-state index in [1.165, 1.54) is 4.88 Å². The standard InChI is InChI=1S/C15H15ClN2OS/c1-3-11-5-6-12(20-11)9-17-18-15(19)13-7-4-10(2)8-14(13)16/h4-9H,3H2,1-2H3,(H,18,19)/b17-9-. The highest BCUT2D eigenvalue weighted by atomic mass is 35.5. The Kier molecular flexibility index (Phi) is 4.93. The van der Waals surface area contributed by atoms with Gasteiger partial charge in [0.1, 0.15) is 0 Å². The van der Waals surface area contributed by atoms with Gasteiger partial charge in [0, 0.05) is 9.75 Å². The number of benzene rings is 1. The largest absolute Gasteiger partial charge is 0.272 e. The van der Waals surface area contributed by atoms with Crippen LogP contribution in [0, 0.1) is 6.92 Å². The molecule has 0 aliphatic carbocycles. The van der Waals surface area contributed by atoms with Crippen LogP contribution < -0.4 is 5.43 Å². The summed E-state index contributed by atoms with van der Waals surface area (Å²) in [5, 5.41) is 4.39. The topological polar surface area (TPSA) is 41.5 Å². The normalized spacial score (nSPS) is 10.9. The predicted molar refractivity (Wildman–Crippen MR) is 84.9 cm³/mol. The van der Waals surface area contributed by atoms with E-state index in [1.54, 1.807) is 29.7 Å². The van der Waals surface area contributed by atoms with Gasteiger partial charge in [0.05, 0.1) is 16.8 Å². The first-order chi connectivity index (χ1) is 9.60. The van der Waals surface area contributed by atoms with Crippen molar-refractivity contribution in [2.24, 2.45) is 5.10 Å². The molecule has 0 aliphatic rings. The Morgan fingerprint density at radius 3 is 2.85 bits per heavy atom. The second kappa shape index (κ2) is 6.68. The number of hydrazone groups is 1. The molecule has 1 aromatic carbocycles. The highest BCUT2D eigenvalue weighted by Gasteiger charge is 2.09.